The van der Waals surface area contributed by atoms with Crippen LogP contribution in [0.4, 0.5) is 0 Å². The molecule has 0 radical (unpaired) electrons. The quantitative estimate of drug-likeness (QED) is 0.460. The molecule has 9 nitrogen and oxygen atoms in total. The second-order valence-corrected chi connectivity index (χ2v) is 8.45. The first-order valence-electron chi connectivity index (χ1n) is 9.37. The number of benzene rings is 1. The van der Waals surface area contributed by atoms with Crippen LogP contribution >= 0.6 is 0 Å². The summed E-state index contributed by atoms with van der Waals surface area (Å²) in [5.74, 6) is -2.51. The van der Waals surface area contributed by atoms with Crippen molar-refractivity contribution in [3.8, 4) is 11.3 Å². The predicted molar refractivity (Wildman–Crippen MR) is 119 cm³/mol. The van der Waals surface area contributed by atoms with E-state index in [0.717, 1.165) is 16.7 Å². The van der Waals surface area contributed by atoms with Crippen LogP contribution < -0.4 is 5.32 Å². The largest absolute Gasteiger partial charge is 0.478 e. The number of rotatable bonds is 7. The van der Waals surface area contributed by atoms with E-state index in [4.69, 9.17) is 10.2 Å². The van der Waals surface area contributed by atoms with Gasteiger partial charge in [-0.05, 0) is 42.8 Å². The van der Waals surface area contributed by atoms with E-state index >= 15 is 0 Å². The number of hydrogen-bond acceptors (Lipinski definition) is 6. The molecule has 0 saturated carbocycles. The maximum absolute atomic E-state index is 13.1. The third-order valence-corrected chi connectivity index (χ3v) is 5.71. The molecule has 2 aromatic heterocycles. The van der Waals surface area contributed by atoms with Crippen LogP contribution in [-0.4, -0.2) is 46.6 Å². The van der Waals surface area contributed by atoms with E-state index < -0.39 is 22.0 Å². The fraction of sp³-hybridized carbons (Fsp3) is 0.136. The van der Waals surface area contributed by atoms with E-state index in [1.807, 2.05) is 50.4 Å². The van der Waals surface area contributed by atoms with E-state index in [1.165, 1.54) is 10.2 Å². The minimum atomic E-state index is -3.71. The summed E-state index contributed by atoms with van der Waals surface area (Å²) in [5, 5.41) is 18.7. The summed E-state index contributed by atoms with van der Waals surface area (Å²) < 4.78 is 27.5. The van der Waals surface area contributed by atoms with Crippen LogP contribution in [0.15, 0.2) is 78.1 Å². The first kappa shape index (κ1) is 24.5. The van der Waals surface area contributed by atoms with Crippen molar-refractivity contribution in [1.82, 2.24) is 14.3 Å². The van der Waals surface area contributed by atoms with Crippen molar-refractivity contribution >= 4 is 22.0 Å². The lowest BCUT2D eigenvalue weighted by atomic mass is 10.1. The number of hydrogen-bond donors (Lipinski definition) is 3. The summed E-state index contributed by atoms with van der Waals surface area (Å²) >= 11 is 0. The molecule has 3 aromatic rings. The highest BCUT2D eigenvalue weighted by Gasteiger charge is 2.22. The zero-order valence-corrected chi connectivity index (χ0v) is 18.3. The van der Waals surface area contributed by atoms with Crippen LogP contribution in [0.1, 0.15) is 11.1 Å². The van der Waals surface area contributed by atoms with E-state index in [1.54, 1.807) is 18.5 Å². The molecule has 0 aliphatic carbocycles. The summed E-state index contributed by atoms with van der Waals surface area (Å²) in [5.41, 5.74) is 3.20. The van der Waals surface area contributed by atoms with Crippen molar-refractivity contribution in [2.45, 2.75) is 18.4 Å². The molecule has 0 spiro atoms. The zero-order chi connectivity index (χ0) is 23.7. The number of carboxylic acid groups (broad SMARTS) is 2. The molecule has 0 saturated heterocycles. The lowest BCUT2D eigenvalue weighted by molar-refractivity contribution is -0.134. The Morgan fingerprint density at radius 2 is 1.69 bits per heavy atom. The standard InChI is InChI=1S/C18H19N3O2S.C4H4O4/c1-14-8-17(12-20-10-14)24(22,23)21-13-15(11-19-2)9-18(21)16-6-4-3-5-7-16;5-3(6)1-2-4(7)8/h3-10,12-13,19H,11H2,1-2H3;1-2H,(H,5,6)(H,7,8). The molecule has 0 unspecified atom stereocenters. The van der Waals surface area contributed by atoms with Crippen molar-refractivity contribution < 1.29 is 28.2 Å². The van der Waals surface area contributed by atoms with Crippen molar-refractivity contribution in [2.75, 3.05) is 7.05 Å². The number of aromatic nitrogens is 2. The van der Waals surface area contributed by atoms with Crippen molar-refractivity contribution in [3.05, 3.63) is 84.3 Å². The van der Waals surface area contributed by atoms with Gasteiger partial charge in [0.2, 0.25) is 0 Å². The van der Waals surface area contributed by atoms with Gasteiger partial charge in [0.15, 0.2) is 0 Å². The van der Waals surface area contributed by atoms with E-state index in [-0.39, 0.29) is 4.90 Å². The Kier molecular flexibility index (Phi) is 8.45. The molecule has 3 N–H and O–H groups in total. The van der Waals surface area contributed by atoms with Gasteiger partial charge in [0, 0.05) is 37.3 Å². The van der Waals surface area contributed by atoms with Gasteiger partial charge in [-0.15, -0.1) is 0 Å². The lowest BCUT2D eigenvalue weighted by Gasteiger charge is -2.11. The molecule has 2 heterocycles. The Hall–Kier alpha value is -3.76. The van der Waals surface area contributed by atoms with Gasteiger partial charge in [-0.3, -0.25) is 4.98 Å². The molecule has 1 aromatic carbocycles. The Morgan fingerprint density at radius 1 is 1.06 bits per heavy atom. The summed E-state index contributed by atoms with van der Waals surface area (Å²) in [4.78, 5) is 23.3. The van der Waals surface area contributed by atoms with Crippen molar-refractivity contribution in [3.63, 3.8) is 0 Å². The average Bonchev–Trinajstić information content (AvgIpc) is 3.18. The topological polar surface area (TPSA) is 139 Å². The Balaban J connectivity index is 0.000000390. The van der Waals surface area contributed by atoms with Gasteiger partial charge in [0.25, 0.3) is 10.0 Å². The van der Waals surface area contributed by atoms with Gasteiger partial charge in [0.05, 0.1) is 5.69 Å². The van der Waals surface area contributed by atoms with Crippen LogP contribution in [0, 0.1) is 6.92 Å². The van der Waals surface area contributed by atoms with Gasteiger partial charge >= 0.3 is 11.9 Å². The number of aryl methyl sites for hydroxylation is 1. The Labute approximate surface area is 185 Å². The van der Waals surface area contributed by atoms with Gasteiger partial charge in [0.1, 0.15) is 4.90 Å². The Morgan fingerprint density at radius 3 is 2.22 bits per heavy atom. The molecule has 3 rings (SSSR count). The number of nitrogens with one attached hydrogen (secondary N) is 1. The highest BCUT2D eigenvalue weighted by molar-refractivity contribution is 7.90. The number of pyridine rings is 1. The first-order chi connectivity index (χ1) is 15.1. The van der Waals surface area contributed by atoms with E-state index in [9.17, 15) is 18.0 Å². The second kappa shape index (κ2) is 11.0. The molecule has 0 atom stereocenters. The fourth-order valence-electron chi connectivity index (χ4n) is 2.74. The number of aliphatic carboxylic acids is 2. The monoisotopic (exact) mass is 457 g/mol. The van der Waals surface area contributed by atoms with Crippen LogP contribution in [-0.2, 0) is 26.2 Å². The highest BCUT2D eigenvalue weighted by Crippen LogP contribution is 2.27. The second-order valence-electron chi connectivity index (χ2n) is 6.64. The highest BCUT2D eigenvalue weighted by atomic mass is 32.2. The molecule has 0 fully saturated rings. The summed E-state index contributed by atoms with van der Waals surface area (Å²) in [6.07, 6.45) is 5.80. The smallest absolute Gasteiger partial charge is 0.328 e. The Bertz CT molecular complexity index is 1200. The third-order valence-electron chi connectivity index (χ3n) is 4.07. The maximum atomic E-state index is 13.1. The number of carboxylic acids is 2. The molecule has 10 heteroatoms. The predicted octanol–water partition coefficient (Wildman–Crippen LogP) is 2.53. The fourth-order valence-corrected chi connectivity index (χ4v) is 4.19. The zero-order valence-electron chi connectivity index (χ0n) is 17.5. The number of carbonyl (C=O) groups is 2. The summed E-state index contributed by atoms with van der Waals surface area (Å²) in [6.45, 7) is 2.42. The summed E-state index contributed by atoms with van der Waals surface area (Å²) in [7, 11) is -1.88. The van der Waals surface area contributed by atoms with Crippen LogP contribution in [0.5, 0.6) is 0 Å². The van der Waals surface area contributed by atoms with Crippen LogP contribution in [0.25, 0.3) is 11.3 Å². The maximum Gasteiger partial charge on any atom is 0.328 e. The van der Waals surface area contributed by atoms with Gasteiger partial charge in [-0.2, -0.15) is 0 Å². The molecule has 0 aliphatic heterocycles. The van der Waals surface area contributed by atoms with Gasteiger partial charge in [-0.1, -0.05) is 30.3 Å². The molecule has 168 valence electrons. The van der Waals surface area contributed by atoms with Crippen molar-refractivity contribution in [1.29, 1.82) is 0 Å². The average molecular weight is 458 g/mol. The minimum absolute atomic E-state index is 0.186. The normalized spacial score (nSPS) is 11.1. The van der Waals surface area contributed by atoms with Gasteiger partial charge < -0.3 is 15.5 Å². The van der Waals surface area contributed by atoms with Crippen molar-refractivity contribution in [2.24, 2.45) is 0 Å². The molecule has 0 bridgehead atoms. The number of nitrogens with zero attached hydrogens (tertiary/aromatic N) is 2. The SMILES string of the molecule is CNCc1cc(-c2ccccc2)n(S(=O)(=O)c2cncc(C)c2)c1.O=C(O)C=CC(=O)O. The lowest BCUT2D eigenvalue weighted by Crippen LogP contribution is -2.14. The summed E-state index contributed by atoms with van der Waals surface area (Å²) in [6, 6.07) is 13.0. The van der Waals surface area contributed by atoms with Crippen LogP contribution in [0.3, 0.4) is 0 Å². The van der Waals surface area contributed by atoms with E-state index in [0.29, 0.717) is 24.4 Å². The molecule has 0 aliphatic rings. The van der Waals surface area contributed by atoms with Gasteiger partial charge in [-0.25, -0.2) is 22.0 Å². The molecule has 0 amide bonds. The van der Waals surface area contributed by atoms with E-state index in [2.05, 4.69) is 10.3 Å². The third kappa shape index (κ3) is 6.62. The minimum Gasteiger partial charge on any atom is -0.478 e. The first-order valence-corrected chi connectivity index (χ1v) is 10.8. The van der Waals surface area contributed by atoms with Crippen LogP contribution in [0.2, 0.25) is 0 Å². The molecule has 32 heavy (non-hydrogen) atoms. The molecular weight excluding hydrogens is 434 g/mol. The molecular formula is C22H23N3O6S.